The number of hydrogen-bond donors (Lipinski definition) is 1. The number of aliphatic carboxylic acids is 1. The fourth-order valence-electron chi connectivity index (χ4n) is 2.49. The smallest absolute Gasteiger partial charge is 0.314 e. The Hall–Kier alpha value is -0.840. The van der Waals surface area contributed by atoms with Gasteiger partial charge in [0.1, 0.15) is 4.60 Å². The van der Waals surface area contributed by atoms with Gasteiger partial charge < -0.3 is 5.11 Å². The summed E-state index contributed by atoms with van der Waals surface area (Å²) in [6, 6.07) is 0. The maximum Gasteiger partial charge on any atom is 0.314 e. The summed E-state index contributed by atoms with van der Waals surface area (Å²) in [4.78, 5) is 11.5. The highest BCUT2D eigenvalue weighted by Crippen LogP contribution is 2.44. The molecule has 1 N–H and O–H groups in total. The molecule has 0 aromatic carbocycles. The van der Waals surface area contributed by atoms with E-state index in [4.69, 9.17) is 0 Å². The van der Waals surface area contributed by atoms with Gasteiger partial charge in [0.15, 0.2) is 0 Å². The molecule has 2 rings (SSSR count). The van der Waals surface area contributed by atoms with E-state index in [9.17, 15) is 9.90 Å². The van der Waals surface area contributed by atoms with E-state index in [1.54, 1.807) is 10.9 Å². The Kier molecular flexibility index (Phi) is 3.06. The van der Waals surface area contributed by atoms with Crippen LogP contribution in [0.1, 0.15) is 38.2 Å². The normalized spacial score (nSPS) is 18.9. The van der Waals surface area contributed by atoms with Gasteiger partial charge >= 0.3 is 5.97 Å². The van der Waals surface area contributed by atoms with Crippen LogP contribution in [0.15, 0.2) is 10.8 Å². The Labute approximate surface area is 103 Å². The second-order valence-corrected chi connectivity index (χ2v) is 5.01. The Morgan fingerprint density at radius 2 is 2.25 bits per heavy atom. The van der Waals surface area contributed by atoms with Crippen molar-refractivity contribution < 1.29 is 9.90 Å². The fraction of sp³-hybridized carbons (Fsp3) is 0.636. The van der Waals surface area contributed by atoms with Gasteiger partial charge in [0.05, 0.1) is 11.6 Å². The van der Waals surface area contributed by atoms with E-state index in [-0.39, 0.29) is 0 Å². The Morgan fingerprint density at radius 1 is 1.62 bits per heavy atom. The highest BCUT2D eigenvalue weighted by molar-refractivity contribution is 9.10. The molecule has 0 spiro atoms. The van der Waals surface area contributed by atoms with E-state index in [0.29, 0.717) is 0 Å². The first-order valence-corrected chi connectivity index (χ1v) is 6.36. The van der Waals surface area contributed by atoms with Crippen molar-refractivity contribution in [1.29, 1.82) is 0 Å². The van der Waals surface area contributed by atoms with Gasteiger partial charge in [0.2, 0.25) is 0 Å². The molecule has 0 amide bonds. The van der Waals surface area contributed by atoms with Crippen molar-refractivity contribution in [2.24, 2.45) is 0 Å². The minimum Gasteiger partial charge on any atom is -0.481 e. The van der Waals surface area contributed by atoms with Crippen LogP contribution in [-0.4, -0.2) is 20.9 Å². The van der Waals surface area contributed by atoms with Crippen molar-refractivity contribution >= 4 is 21.9 Å². The molecule has 0 aliphatic heterocycles. The molecule has 16 heavy (non-hydrogen) atoms. The monoisotopic (exact) mass is 286 g/mol. The van der Waals surface area contributed by atoms with E-state index in [1.807, 2.05) is 6.92 Å². The second-order valence-electron chi connectivity index (χ2n) is 4.26. The van der Waals surface area contributed by atoms with Crippen LogP contribution in [0, 0.1) is 0 Å². The molecule has 5 heteroatoms. The van der Waals surface area contributed by atoms with Crippen LogP contribution in [0.2, 0.25) is 0 Å². The zero-order valence-corrected chi connectivity index (χ0v) is 10.8. The molecule has 1 fully saturated rings. The number of hydrogen-bond acceptors (Lipinski definition) is 2. The lowest BCUT2D eigenvalue weighted by Crippen LogP contribution is -2.32. The van der Waals surface area contributed by atoms with Gasteiger partial charge in [-0.05, 0) is 35.7 Å². The summed E-state index contributed by atoms with van der Waals surface area (Å²) in [5.74, 6) is -0.721. The summed E-state index contributed by atoms with van der Waals surface area (Å²) in [5, 5.41) is 13.7. The number of rotatable bonds is 3. The number of halogens is 1. The van der Waals surface area contributed by atoms with Crippen molar-refractivity contribution in [3.05, 3.63) is 16.4 Å². The number of carboxylic acid groups (broad SMARTS) is 1. The summed E-state index contributed by atoms with van der Waals surface area (Å²) < 4.78 is 2.61. The maximum absolute atomic E-state index is 11.5. The second kappa shape index (κ2) is 4.20. The number of aromatic nitrogens is 2. The lowest BCUT2D eigenvalue weighted by Gasteiger charge is -2.22. The molecule has 1 saturated carbocycles. The molecule has 1 aromatic rings. The first-order chi connectivity index (χ1) is 7.62. The highest BCUT2D eigenvalue weighted by Gasteiger charge is 2.45. The van der Waals surface area contributed by atoms with E-state index in [2.05, 4.69) is 21.0 Å². The molecule has 0 bridgehead atoms. The van der Waals surface area contributed by atoms with Gasteiger partial charge in [-0.1, -0.05) is 12.8 Å². The van der Waals surface area contributed by atoms with Crippen molar-refractivity contribution in [2.75, 3.05) is 0 Å². The molecular formula is C11H15BrN2O2. The lowest BCUT2D eigenvalue weighted by atomic mass is 9.81. The van der Waals surface area contributed by atoms with Crippen molar-refractivity contribution in [1.82, 2.24) is 9.78 Å². The van der Waals surface area contributed by atoms with Crippen molar-refractivity contribution in [3.63, 3.8) is 0 Å². The van der Waals surface area contributed by atoms with Gasteiger partial charge in [-0.15, -0.1) is 0 Å². The molecule has 1 aromatic heterocycles. The molecule has 0 unspecified atom stereocenters. The lowest BCUT2D eigenvalue weighted by molar-refractivity contribution is -0.143. The van der Waals surface area contributed by atoms with E-state index < -0.39 is 11.4 Å². The summed E-state index contributed by atoms with van der Waals surface area (Å²) in [6.45, 7) is 2.74. The third kappa shape index (κ3) is 1.57. The largest absolute Gasteiger partial charge is 0.481 e. The number of carboxylic acids is 1. The molecule has 88 valence electrons. The predicted molar refractivity (Wildman–Crippen MR) is 63.4 cm³/mol. The minimum absolute atomic E-state index is 0.716. The van der Waals surface area contributed by atoms with Crippen molar-refractivity contribution in [2.45, 2.75) is 44.6 Å². The quantitative estimate of drug-likeness (QED) is 0.929. The van der Waals surface area contributed by atoms with Gasteiger partial charge in [-0.3, -0.25) is 9.48 Å². The molecule has 0 saturated heterocycles. The zero-order valence-electron chi connectivity index (χ0n) is 9.24. The summed E-state index contributed by atoms with van der Waals surface area (Å²) >= 11 is 3.46. The predicted octanol–water partition coefficient (Wildman–Crippen LogP) is 2.56. The SMILES string of the molecule is CCn1ncc(C2(C(=O)O)CCCC2)c1Br. The van der Waals surface area contributed by atoms with Crippen LogP contribution in [0.3, 0.4) is 0 Å². The van der Waals surface area contributed by atoms with Crippen LogP contribution in [-0.2, 0) is 16.8 Å². The number of nitrogens with zero attached hydrogens (tertiary/aromatic N) is 2. The minimum atomic E-state index is -0.721. The maximum atomic E-state index is 11.5. The molecule has 0 radical (unpaired) electrons. The van der Waals surface area contributed by atoms with Crippen LogP contribution in [0.4, 0.5) is 0 Å². The Balaban J connectivity index is 2.47. The average molecular weight is 287 g/mol. The third-order valence-corrected chi connectivity index (χ3v) is 4.29. The summed E-state index contributed by atoms with van der Waals surface area (Å²) in [5.41, 5.74) is 0.117. The van der Waals surface area contributed by atoms with E-state index in [0.717, 1.165) is 42.4 Å². The standard InChI is InChI=1S/C11H15BrN2O2/c1-2-14-9(12)8(7-13-14)11(10(15)16)5-3-4-6-11/h7H,2-6H2,1H3,(H,15,16). The third-order valence-electron chi connectivity index (χ3n) is 3.46. The zero-order chi connectivity index (χ0) is 11.8. The molecular weight excluding hydrogens is 272 g/mol. The first-order valence-electron chi connectivity index (χ1n) is 5.57. The van der Waals surface area contributed by atoms with Crippen LogP contribution >= 0.6 is 15.9 Å². The van der Waals surface area contributed by atoms with Gasteiger partial charge in [0, 0.05) is 12.1 Å². The van der Waals surface area contributed by atoms with Gasteiger partial charge in [-0.25, -0.2) is 0 Å². The molecule has 4 nitrogen and oxygen atoms in total. The van der Waals surface area contributed by atoms with Crippen molar-refractivity contribution in [3.8, 4) is 0 Å². The van der Waals surface area contributed by atoms with Gasteiger partial charge in [-0.2, -0.15) is 5.10 Å². The van der Waals surface area contributed by atoms with E-state index in [1.165, 1.54) is 0 Å². The summed E-state index contributed by atoms with van der Waals surface area (Å²) in [7, 11) is 0. The summed E-state index contributed by atoms with van der Waals surface area (Å²) in [6.07, 6.45) is 5.10. The highest BCUT2D eigenvalue weighted by atomic mass is 79.9. The Bertz CT molecular complexity index is 408. The molecule has 1 aliphatic rings. The topological polar surface area (TPSA) is 55.1 Å². The fourth-order valence-corrected chi connectivity index (χ4v) is 3.31. The number of aryl methyl sites for hydroxylation is 1. The Morgan fingerprint density at radius 3 is 2.69 bits per heavy atom. The molecule has 0 atom stereocenters. The van der Waals surface area contributed by atoms with Crippen LogP contribution in [0.5, 0.6) is 0 Å². The van der Waals surface area contributed by atoms with Crippen LogP contribution < -0.4 is 0 Å². The first kappa shape index (κ1) is 11.6. The van der Waals surface area contributed by atoms with E-state index >= 15 is 0 Å². The van der Waals surface area contributed by atoms with Crippen LogP contribution in [0.25, 0.3) is 0 Å². The average Bonchev–Trinajstić information content (AvgIpc) is 2.84. The number of carbonyl (C=O) groups is 1. The molecule has 1 heterocycles. The van der Waals surface area contributed by atoms with Gasteiger partial charge in [0.25, 0.3) is 0 Å². The molecule has 1 aliphatic carbocycles.